The Hall–Kier alpha value is -5.63. The highest BCUT2D eigenvalue weighted by molar-refractivity contribution is 5.96. The Morgan fingerprint density at radius 3 is 1.27 bits per heavy atom. The number of amides is 8. The van der Waals surface area contributed by atoms with Crippen molar-refractivity contribution < 1.29 is 38.4 Å². The number of nitrogens with zero attached hydrogens (tertiary/aromatic N) is 2. The van der Waals surface area contributed by atoms with Crippen molar-refractivity contribution in [2.45, 2.75) is 155 Å². The lowest BCUT2D eigenvalue weighted by atomic mass is 9.85. The van der Waals surface area contributed by atoms with Gasteiger partial charge in [-0.1, -0.05) is 102 Å². The summed E-state index contributed by atoms with van der Waals surface area (Å²) in [5, 5.41) is 23.2. The number of hydrogen-bond acceptors (Lipinski definition) is 11. The van der Waals surface area contributed by atoms with Crippen LogP contribution in [0.15, 0.2) is 60.7 Å². The number of rotatable bonds is 19. The van der Waals surface area contributed by atoms with Crippen LogP contribution in [0.2, 0.25) is 0 Å². The quantitative estimate of drug-likeness (QED) is 0.0970. The highest BCUT2D eigenvalue weighted by Crippen LogP contribution is 2.29. The van der Waals surface area contributed by atoms with Crippen LogP contribution in [0.3, 0.4) is 0 Å². The minimum atomic E-state index is -1.36. The van der Waals surface area contributed by atoms with E-state index in [4.69, 9.17) is 5.73 Å². The number of nitrogens with two attached hydrogens (primary N) is 1. The SMILES string of the molecule is CN[C@@H](C)C(=O)N[C@H](C(=O)N1C[C@@H](NC(=O)C[C@H](N)C(=O)N[C@H]2C[C@@H](C(=O)N[C@H](C)c3ccccc3)N(C(=O)[C@@H](NC(=O)[C@H](C)NC)C(C)(C)C)C2)C[C@H]1C(=O)N[C@H](C)c1ccccc1)C(C)(C)C.Cl. The molecule has 0 aromatic heterocycles. The molecule has 4 rings (SSSR count). The van der Waals surface area contributed by atoms with E-state index in [2.05, 4.69) is 42.5 Å². The molecular weight excluding hydrogens is 918 g/mol. The van der Waals surface area contributed by atoms with Crippen LogP contribution in [0, 0.1) is 10.8 Å². The van der Waals surface area contributed by atoms with E-state index in [1.165, 1.54) is 9.80 Å². The lowest BCUT2D eigenvalue weighted by Crippen LogP contribution is -2.59. The minimum absolute atomic E-state index is 0. The van der Waals surface area contributed by atoms with Crippen LogP contribution in [0.25, 0.3) is 0 Å². The van der Waals surface area contributed by atoms with Gasteiger partial charge in [0.15, 0.2) is 0 Å². The van der Waals surface area contributed by atoms with E-state index in [0.717, 1.165) is 11.1 Å². The molecule has 2 fully saturated rings. The van der Waals surface area contributed by atoms with E-state index in [1.54, 1.807) is 27.9 Å². The van der Waals surface area contributed by atoms with Gasteiger partial charge in [0.25, 0.3) is 0 Å². The number of nitrogens with one attached hydrogen (secondary N) is 8. The molecule has 11 atom stereocenters. The number of hydrogen-bond donors (Lipinski definition) is 9. The first-order valence-electron chi connectivity index (χ1n) is 23.9. The van der Waals surface area contributed by atoms with E-state index in [9.17, 15) is 38.4 Å². The van der Waals surface area contributed by atoms with Gasteiger partial charge in [-0.2, -0.15) is 0 Å². The molecule has 19 nitrogen and oxygen atoms in total. The Morgan fingerprint density at radius 1 is 0.571 bits per heavy atom. The summed E-state index contributed by atoms with van der Waals surface area (Å²) in [4.78, 5) is 113. The Morgan fingerprint density at radius 2 is 0.929 bits per heavy atom. The topological polar surface area (TPSA) is 265 Å². The number of likely N-dealkylation sites (tertiary alicyclic amines) is 2. The van der Waals surface area contributed by atoms with Crippen molar-refractivity contribution in [3.05, 3.63) is 71.8 Å². The second-order valence-corrected chi connectivity index (χ2v) is 20.7. The van der Waals surface area contributed by atoms with Gasteiger partial charge in [0.2, 0.25) is 47.3 Å². The molecule has 2 saturated heterocycles. The molecule has 0 spiro atoms. The van der Waals surface area contributed by atoms with Crippen LogP contribution in [-0.2, 0) is 38.4 Å². The molecule has 10 N–H and O–H groups in total. The normalized spacial score (nSPS) is 21.0. The standard InChI is InChI=1S/C50H77N11O8.ClH/c1-28(32-19-15-13-16-20-32)54-45(66)37-23-34(26-60(37)47(68)40(49(5,6)7)58-42(63)30(3)52-11)56-39(62)25-36(51)44(65)57-35-24-38(46(67)55-29(2)33-21-17-14-18-22-33)61(27-35)48(69)41(50(8,9)10)59-43(64)31(4)53-12;/h13-22,28-31,34-38,40-41,52-53H,23-27,51H2,1-12H3,(H,54,66)(H,55,67)(H,56,62)(H,57,65)(H,58,63)(H,59,64);1H/t28-,29-,30+,31+,34+,35+,36+,37+,38+,40-,41-;/m1./s1. The summed E-state index contributed by atoms with van der Waals surface area (Å²) in [5.41, 5.74) is 6.54. The zero-order chi connectivity index (χ0) is 51.5. The maximum absolute atomic E-state index is 14.5. The van der Waals surface area contributed by atoms with Crippen LogP contribution in [-0.4, -0.2) is 139 Å². The van der Waals surface area contributed by atoms with Gasteiger partial charge in [0.1, 0.15) is 24.2 Å². The first-order valence-corrected chi connectivity index (χ1v) is 23.9. The molecule has 0 radical (unpaired) electrons. The van der Waals surface area contributed by atoms with Gasteiger partial charge >= 0.3 is 0 Å². The molecule has 2 aromatic carbocycles. The van der Waals surface area contributed by atoms with Crippen LogP contribution < -0.4 is 48.3 Å². The van der Waals surface area contributed by atoms with Gasteiger partial charge in [-0.15, -0.1) is 12.4 Å². The Labute approximate surface area is 419 Å². The lowest BCUT2D eigenvalue weighted by Gasteiger charge is -2.36. The van der Waals surface area contributed by atoms with E-state index < -0.39 is 131 Å². The zero-order valence-electron chi connectivity index (χ0n) is 42.8. The molecule has 2 aromatic rings. The van der Waals surface area contributed by atoms with Gasteiger partial charge in [-0.05, 0) is 76.6 Å². The summed E-state index contributed by atoms with van der Waals surface area (Å²) in [6.45, 7) is 17.7. The smallest absolute Gasteiger partial charge is 0.246 e. The minimum Gasteiger partial charge on any atom is -0.351 e. The number of carbonyl (C=O) groups is 8. The van der Waals surface area contributed by atoms with Crippen LogP contribution in [0.1, 0.15) is 112 Å². The number of carbonyl (C=O) groups excluding carboxylic acids is 8. The second kappa shape index (κ2) is 25.5. The van der Waals surface area contributed by atoms with Crippen molar-refractivity contribution in [1.29, 1.82) is 0 Å². The molecule has 0 aliphatic carbocycles. The fourth-order valence-corrected chi connectivity index (χ4v) is 8.45. The van der Waals surface area contributed by atoms with Gasteiger partial charge in [-0.3, -0.25) is 38.4 Å². The van der Waals surface area contributed by atoms with Crippen LogP contribution in [0.5, 0.6) is 0 Å². The van der Waals surface area contributed by atoms with E-state index in [1.807, 2.05) is 116 Å². The van der Waals surface area contributed by atoms with Crippen LogP contribution in [0.4, 0.5) is 0 Å². The van der Waals surface area contributed by atoms with Gasteiger partial charge in [-0.25, -0.2) is 0 Å². The maximum Gasteiger partial charge on any atom is 0.246 e. The highest BCUT2D eigenvalue weighted by Gasteiger charge is 2.48. The molecule has 0 saturated carbocycles. The molecular formula is C50H78ClN11O8. The third kappa shape index (κ3) is 15.7. The molecule has 0 bridgehead atoms. The fourth-order valence-electron chi connectivity index (χ4n) is 8.45. The average Bonchev–Trinajstić information content (AvgIpc) is 3.93. The Bertz CT molecular complexity index is 2140. The van der Waals surface area contributed by atoms with Gasteiger partial charge in [0, 0.05) is 25.2 Å². The van der Waals surface area contributed by atoms with Crippen molar-refractivity contribution in [2.24, 2.45) is 16.6 Å². The highest BCUT2D eigenvalue weighted by atomic mass is 35.5. The average molecular weight is 997 g/mol. The first kappa shape index (κ1) is 58.7. The molecule has 2 aliphatic rings. The lowest BCUT2D eigenvalue weighted by molar-refractivity contribution is -0.144. The van der Waals surface area contributed by atoms with E-state index >= 15 is 0 Å². The predicted molar refractivity (Wildman–Crippen MR) is 270 cm³/mol. The summed E-state index contributed by atoms with van der Waals surface area (Å²) in [5.74, 6) is -3.97. The predicted octanol–water partition coefficient (Wildman–Crippen LogP) is 1.33. The summed E-state index contributed by atoms with van der Waals surface area (Å²) < 4.78 is 0. The molecule has 2 aliphatic heterocycles. The third-order valence-corrected chi connectivity index (χ3v) is 13.0. The first-order chi connectivity index (χ1) is 32.3. The Balaban J connectivity index is 0.0000130. The molecule has 20 heteroatoms. The second-order valence-electron chi connectivity index (χ2n) is 20.7. The van der Waals surface area contributed by atoms with Crippen molar-refractivity contribution in [3.63, 3.8) is 0 Å². The number of halogens is 1. The molecule has 2 heterocycles. The number of likely N-dealkylation sites (N-methyl/N-ethyl adjacent to an activating group) is 2. The number of benzene rings is 2. The van der Waals surface area contributed by atoms with Crippen molar-refractivity contribution in [1.82, 2.24) is 52.3 Å². The summed E-state index contributed by atoms with van der Waals surface area (Å²) in [6.07, 6.45) is -0.383. The summed E-state index contributed by atoms with van der Waals surface area (Å²) in [6, 6.07) is 9.73. The van der Waals surface area contributed by atoms with E-state index in [-0.39, 0.29) is 38.3 Å². The van der Waals surface area contributed by atoms with E-state index in [0.29, 0.717) is 0 Å². The van der Waals surface area contributed by atoms with Gasteiger partial charge < -0.3 is 58.1 Å². The summed E-state index contributed by atoms with van der Waals surface area (Å²) >= 11 is 0. The van der Waals surface area contributed by atoms with Crippen molar-refractivity contribution in [3.8, 4) is 0 Å². The fraction of sp³-hybridized carbons (Fsp3) is 0.600. The summed E-state index contributed by atoms with van der Waals surface area (Å²) in [7, 11) is 3.26. The van der Waals surface area contributed by atoms with Crippen molar-refractivity contribution in [2.75, 3.05) is 27.2 Å². The van der Waals surface area contributed by atoms with Gasteiger partial charge in [0.05, 0.1) is 36.6 Å². The zero-order valence-corrected chi connectivity index (χ0v) is 43.6. The molecule has 388 valence electrons. The maximum atomic E-state index is 14.5. The third-order valence-electron chi connectivity index (χ3n) is 13.0. The largest absolute Gasteiger partial charge is 0.351 e. The monoisotopic (exact) mass is 996 g/mol. The van der Waals surface area contributed by atoms with Crippen LogP contribution >= 0.6 is 12.4 Å². The molecule has 70 heavy (non-hydrogen) atoms. The Kier molecular flexibility index (Phi) is 21.4. The molecule has 8 amide bonds. The molecule has 0 unspecified atom stereocenters. The van der Waals surface area contributed by atoms with Crippen molar-refractivity contribution >= 4 is 59.7 Å².